The van der Waals surface area contributed by atoms with Crippen LogP contribution in [-0.2, 0) is 4.74 Å². The molecule has 0 fully saturated rings. The van der Waals surface area contributed by atoms with Gasteiger partial charge >= 0.3 is 6.09 Å². The number of carbonyl (C=O) groups excluding carboxylic acids is 1. The number of anilines is 1. The Morgan fingerprint density at radius 2 is 2.00 bits per heavy atom. The molecule has 0 aromatic heterocycles. The van der Waals surface area contributed by atoms with Crippen LogP contribution < -0.4 is 5.01 Å². The fourth-order valence-corrected chi connectivity index (χ4v) is 0.842. The summed E-state index contributed by atoms with van der Waals surface area (Å²) in [6.07, 6.45) is -0.804. The van der Waals surface area contributed by atoms with Crippen molar-refractivity contribution in [2.24, 2.45) is 5.29 Å². The molecular weight excluding hydrogens is 172 g/mol. The molecule has 0 aliphatic carbocycles. The number of ether oxygens (including phenoxy) is 1. The predicted molar refractivity (Wildman–Crippen MR) is 47.1 cm³/mol. The summed E-state index contributed by atoms with van der Waals surface area (Å²) in [5, 5.41) is 3.18. The van der Waals surface area contributed by atoms with Crippen molar-refractivity contribution in [3.05, 3.63) is 35.2 Å². The molecule has 13 heavy (non-hydrogen) atoms. The number of rotatable bonds is 2. The molecule has 0 bridgehead atoms. The molecule has 1 aromatic carbocycles. The van der Waals surface area contributed by atoms with Gasteiger partial charge in [-0.15, -0.1) is 9.92 Å². The van der Waals surface area contributed by atoms with Gasteiger partial charge in [0.1, 0.15) is 0 Å². The van der Waals surface area contributed by atoms with Crippen LogP contribution in [0.1, 0.15) is 0 Å². The second kappa shape index (κ2) is 4.20. The zero-order valence-electron chi connectivity index (χ0n) is 7.01. The molecule has 0 saturated heterocycles. The number of methoxy groups -OCH3 is 1. The second-order valence-corrected chi connectivity index (χ2v) is 2.20. The van der Waals surface area contributed by atoms with E-state index >= 15 is 0 Å². The molecule has 0 saturated carbocycles. The lowest BCUT2D eigenvalue weighted by molar-refractivity contribution is 0.179. The van der Waals surface area contributed by atoms with Crippen molar-refractivity contribution in [3.63, 3.8) is 0 Å². The van der Waals surface area contributed by atoms with Gasteiger partial charge in [0.25, 0.3) is 0 Å². The molecular formula is C8H8N2O3. The lowest BCUT2D eigenvalue weighted by atomic mass is 10.3. The number of para-hydroxylation sites is 1. The molecule has 0 N–H and O–H groups in total. The van der Waals surface area contributed by atoms with Gasteiger partial charge in [-0.1, -0.05) is 18.2 Å². The van der Waals surface area contributed by atoms with Gasteiger partial charge in [0.15, 0.2) is 0 Å². The fourth-order valence-electron chi connectivity index (χ4n) is 0.842. The van der Waals surface area contributed by atoms with Crippen LogP contribution in [0.3, 0.4) is 0 Å². The summed E-state index contributed by atoms with van der Waals surface area (Å²) in [4.78, 5) is 21.2. The predicted octanol–water partition coefficient (Wildman–Crippen LogP) is 1.94. The Morgan fingerprint density at radius 3 is 2.46 bits per heavy atom. The van der Waals surface area contributed by atoms with Crippen LogP contribution in [0.5, 0.6) is 0 Å². The average Bonchev–Trinajstić information content (AvgIpc) is 2.20. The molecule has 68 valence electrons. The highest BCUT2D eigenvalue weighted by Crippen LogP contribution is 2.13. The Morgan fingerprint density at radius 1 is 1.38 bits per heavy atom. The van der Waals surface area contributed by atoms with Crippen molar-refractivity contribution >= 4 is 11.8 Å². The number of benzene rings is 1. The van der Waals surface area contributed by atoms with E-state index in [4.69, 9.17) is 0 Å². The summed E-state index contributed by atoms with van der Waals surface area (Å²) in [5.41, 5.74) is 0.379. The van der Waals surface area contributed by atoms with Crippen molar-refractivity contribution in [1.29, 1.82) is 0 Å². The first kappa shape index (κ1) is 9.18. The van der Waals surface area contributed by atoms with Crippen LogP contribution in [0.15, 0.2) is 35.6 Å². The minimum Gasteiger partial charge on any atom is -0.451 e. The average molecular weight is 180 g/mol. The van der Waals surface area contributed by atoms with Gasteiger partial charge in [0.2, 0.25) is 0 Å². The maximum absolute atomic E-state index is 11.0. The van der Waals surface area contributed by atoms with Crippen LogP contribution in [0.25, 0.3) is 0 Å². The summed E-state index contributed by atoms with van der Waals surface area (Å²) >= 11 is 0. The molecule has 0 spiro atoms. The van der Waals surface area contributed by atoms with Crippen molar-refractivity contribution in [3.8, 4) is 0 Å². The van der Waals surface area contributed by atoms with E-state index in [0.29, 0.717) is 10.7 Å². The molecule has 0 radical (unpaired) electrons. The number of nitroso groups, excluding NO2 is 1. The quantitative estimate of drug-likeness (QED) is 0.516. The summed E-state index contributed by atoms with van der Waals surface area (Å²) in [5.74, 6) is 0. The lowest BCUT2D eigenvalue weighted by Gasteiger charge is -2.10. The van der Waals surface area contributed by atoms with E-state index in [1.165, 1.54) is 7.11 Å². The second-order valence-electron chi connectivity index (χ2n) is 2.20. The Labute approximate surface area is 74.9 Å². The molecule has 5 nitrogen and oxygen atoms in total. The third-order valence-electron chi connectivity index (χ3n) is 1.43. The van der Waals surface area contributed by atoms with Gasteiger partial charge < -0.3 is 4.74 Å². The van der Waals surface area contributed by atoms with E-state index in [-0.39, 0.29) is 0 Å². The SMILES string of the molecule is COC(=O)N(N=O)c1ccccc1. The summed E-state index contributed by atoms with van der Waals surface area (Å²) < 4.78 is 4.35. The Balaban J connectivity index is 2.91. The summed E-state index contributed by atoms with van der Waals surface area (Å²) in [6.45, 7) is 0. The number of hydrogen-bond acceptors (Lipinski definition) is 4. The topological polar surface area (TPSA) is 59.0 Å². The van der Waals surface area contributed by atoms with Gasteiger partial charge in [0, 0.05) is 0 Å². The third-order valence-corrected chi connectivity index (χ3v) is 1.43. The largest absolute Gasteiger partial charge is 0.451 e. The molecule has 0 aliphatic rings. The van der Waals surface area contributed by atoms with Gasteiger partial charge in [0.05, 0.1) is 18.1 Å². The molecule has 1 amide bonds. The Bertz CT molecular complexity index is 300. The molecule has 1 aromatic rings. The standard InChI is InChI=1S/C8H8N2O3/c1-13-8(11)10(9-12)7-5-3-2-4-6-7/h2-6H,1H3. The minimum atomic E-state index is -0.804. The number of amides is 1. The minimum absolute atomic E-state index is 0.379. The van der Waals surface area contributed by atoms with Crippen LogP contribution >= 0.6 is 0 Å². The molecule has 1 rings (SSSR count). The zero-order chi connectivity index (χ0) is 9.68. The van der Waals surface area contributed by atoms with E-state index < -0.39 is 6.09 Å². The first-order chi connectivity index (χ1) is 6.29. The molecule has 0 aliphatic heterocycles. The van der Waals surface area contributed by atoms with Crippen molar-refractivity contribution < 1.29 is 9.53 Å². The van der Waals surface area contributed by atoms with Gasteiger partial charge in [-0.3, -0.25) is 0 Å². The first-order valence-electron chi connectivity index (χ1n) is 3.56. The maximum Gasteiger partial charge on any atom is 0.437 e. The van der Waals surface area contributed by atoms with Crippen molar-refractivity contribution in [2.75, 3.05) is 12.1 Å². The van der Waals surface area contributed by atoms with E-state index in [2.05, 4.69) is 10.0 Å². The third kappa shape index (κ3) is 2.02. The van der Waals surface area contributed by atoms with Crippen LogP contribution in [0.2, 0.25) is 0 Å². The van der Waals surface area contributed by atoms with Crippen LogP contribution in [0, 0.1) is 4.91 Å². The lowest BCUT2D eigenvalue weighted by Crippen LogP contribution is -2.24. The monoisotopic (exact) mass is 180 g/mol. The normalized spacial score (nSPS) is 9.00. The highest BCUT2D eigenvalue weighted by Gasteiger charge is 2.15. The molecule has 0 atom stereocenters. The molecule has 0 heterocycles. The smallest absolute Gasteiger partial charge is 0.437 e. The highest BCUT2D eigenvalue weighted by molar-refractivity contribution is 5.86. The van der Waals surface area contributed by atoms with Gasteiger partial charge in [-0.05, 0) is 12.1 Å². The molecule has 0 unspecified atom stereocenters. The fraction of sp³-hybridized carbons (Fsp3) is 0.125. The summed E-state index contributed by atoms with van der Waals surface area (Å²) in [7, 11) is 1.18. The first-order valence-corrected chi connectivity index (χ1v) is 3.56. The Kier molecular flexibility index (Phi) is 2.97. The Hall–Kier alpha value is -1.91. The highest BCUT2D eigenvalue weighted by atomic mass is 16.6. The van der Waals surface area contributed by atoms with Crippen molar-refractivity contribution in [1.82, 2.24) is 0 Å². The van der Waals surface area contributed by atoms with E-state index in [1.54, 1.807) is 30.3 Å². The molecule has 5 heteroatoms. The van der Waals surface area contributed by atoms with Gasteiger partial charge in [-0.25, -0.2) is 4.79 Å². The van der Waals surface area contributed by atoms with Crippen LogP contribution in [0.4, 0.5) is 10.5 Å². The number of nitrogens with zero attached hydrogens (tertiary/aromatic N) is 2. The van der Waals surface area contributed by atoms with E-state index in [1.807, 2.05) is 0 Å². The van der Waals surface area contributed by atoms with E-state index in [9.17, 15) is 9.70 Å². The maximum atomic E-state index is 11.0. The number of carbonyl (C=O) groups is 1. The van der Waals surface area contributed by atoms with E-state index in [0.717, 1.165) is 0 Å². The summed E-state index contributed by atoms with van der Waals surface area (Å²) in [6, 6.07) is 8.31. The van der Waals surface area contributed by atoms with Crippen molar-refractivity contribution in [2.45, 2.75) is 0 Å². The zero-order valence-corrected chi connectivity index (χ0v) is 7.01. The van der Waals surface area contributed by atoms with Gasteiger partial charge in [-0.2, -0.15) is 0 Å². The van der Waals surface area contributed by atoms with Crippen LogP contribution in [-0.4, -0.2) is 13.2 Å². The number of hydrogen-bond donors (Lipinski definition) is 0.